The van der Waals surface area contributed by atoms with Gasteiger partial charge in [-0.05, 0) is 17.7 Å². The van der Waals surface area contributed by atoms with Crippen LogP contribution in [0.3, 0.4) is 0 Å². The van der Waals surface area contributed by atoms with Crippen LogP contribution >= 0.6 is 11.8 Å². The normalized spacial score (nSPS) is 18.6. The Morgan fingerprint density at radius 3 is 3.16 bits per heavy atom. The SMILES string of the molecule is COCCNCc1cccc(SC2CCOC2=O)c1. The maximum absolute atomic E-state index is 11.4. The number of hydrogen-bond donors (Lipinski definition) is 1. The van der Waals surface area contributed by atoms with Gasteiger partial charge in [-0.15, -0.1) is 11.8 Å². The van der Waals surface area contributed by atoms with Gasteiger partial charge in [0.1, 0.15) is 5.25 Å². The number of thioether (sulfide) groups is 1. The molecule has 1 aliphatic heterocycles. The fourth-order valence-corrected chi connectivity index (χ4v) is 2.97. The van der Waals surface area contributed by atoms with E-state index in [1.807, 2.05) is 12.1 Å². The van der Waals surface area contributed by atoms with Crippen molar-refractivity contribution in [3.8, 4) is 0 Å². The Balaban J connectivity index is 1.86. The zero-order valence-corrected chi connectivity index (χ0v) is 11.9. The predicted octanol–water partition coefficient (Wildman–Crippen LogP) is 1.83. The van der Waals surface area contributed by atoms with Crippen LogP contribution in [0.15, 0.2) is 29.2 Å². The molecule has 1 fully saturated rings. The van der Waals surface area contributed by atoms with E-state index in [0.29, 0.717) is 13.2 Å². The Morgan fingerprint density at radius 1 is 1.53 bits per heavy atom. The third-order valence-electron chi connectivity index (χ3n) is 2.88. The molecule has 0 saturated carbocycles. The summed E-state index contributed by atoms with van der Waals surface area (Å²) in [5, 5.41) is 3.26. The molecule has 0 bridgehead atoms. The number of carbonyl (C=O) groups is 1. The van der Waals surface area contributed by atoms with Gasteiger partial charge in [0.05, 0.1) is 13.2 Å². The topological polar surface area (TPSA) is 47.6 Å². The largest absolute Gasteiger partial charge is 0.465 e. The minimum Gasteiger partial charge on any atom is -0.465 e. The second-order valence-electron chi connectivity index (χ2n) is 4.38. The van der Waals surface area contributed by atoms with Crippen molar-refractivity contribution in [2.75, 3.05) is 26.9 Å². The first-order chi connectivity index (χ1) is 9.29. The van der Waals surface area contributed by atoms with Crippen molar-refractivity contribution in [2.24, 2.45) is 0 Å². The molecule has 1 heterocycles. The van der Waals surface area contributed by atoms with Crippen LogP contribution in [0.2, 0.25) is 0 Å². The van der Waals surface area contributed by atoms with Gasteiger partial charge in [-0.3, -0.25) is 4.79 Å². The van der Waals surface area contributed by atoms with Crippen LogP contribution in [0.1, 0.15) is 12.0 Å². The van der Waals surface area contributed by atoms with Gasteiger partial charge >= 0.3 is 5.97 Å². The van der Waals surface area contributed by atoms with E-state index in [4.69, 9.17) is 9.47 Å². The van der Waals surface area contributed by atoms with E-state index < -0.39 is 0 Å². The van der Waals surface area contributed by atoms with Gasteiger partial charge < -0.3 is 14.8 Å². The maximum Gasteiger partial charge on any atom is 0.319 e. The molecule has 0 aliphatic carbocycles. The van der Waals surface area contributed by atoms with Crippen LogP contribution in [0.5, 0.6) is 0 Å². The van der Waals surface area contributed by atoms with Crippen LogP contribution in [0, 0.1) is 0 Å². The summed E-state index contributed by atoms with van der Waals surface area (Å²) in [5.74, 6) is -0.0892. The minimum absolute atomic E-state index is 0.0447. The molecule has 0 aromatic heterocycles. The number of methoxy groups -OCH3 is 1. The van der Waals surface area contributed by atoms with Gasteiger partial charge in [0.2, 0.25) is 0 Å². The van der Waals surface area contributed by atoms with Gasteiger partial charge in [-0.25, -0.2) is 0 Å². The molecule has 1 aliphatic rings. The lowest BCUT2D eigenvalue weighted by Gasteiger charge is -2.08. The van der Waals surface area contributed by atoms with E-state index in [2.05, 4.69) is 17.4 Å². The zero-order chi connectivity index (χ0) is 13.5. The molecule has 1 N–H and O–H groups in total. The number of carbonyl (C=O) groups excluding carboxylic acids is 1. The summed E-state index contributed by atoms with van der Waals surface area (Å²) >= 11 is 1.59. The van der Waals surface area contributed by atoms with E-state index >= 15 is 0 Å². The Bertz CT molecular complexity index is 425. The maximum atomic E-state index is 11.4. The molecule has 1 unspecified atom stereocenters. The van der Waals surface area contributed by atoms with Crippen molar-refractivity contribution in [1.29, 1.82) is 0 Å². The summed E-state index contributed by atoms with van der Waals surface area (Å²) < 4.78 is 9.96. The highest BCUT2D eigenvalue weighted by Gasteiger charge is 2.27. The van der Waals surface area contributed by atoms with E-state index in [-0.39, 0.29) is 11.2 Å². The Labute approximate surface area is 117 Å². The molecule has 104 valence electrons. The molecule has 4 nitrogen and oxygen atoms in total. The van der Waals surface area contributed by atoms with E-state index in [1.165, 1.54) is 5.56 Å². The zero-order valence-electron chi connectivity index (χ0n) is 11.1. The van der Waals surface area contributed by atoms with E-state index in [1.54, 1.807) is 18.9 Å². The predicted molar refractivity (Wildman–Crippen MR) is 75.2 cm³/mol. The lowest BCUT2D eigenvalue weighted by atomic mass is 10.2. The summed E-state index contributed by atoms with van der Waals surface area (Å²) in [4.78, 5) is 12.6. The fourth-order valence-electron chi connectivity index (χ4n) is 1.88. The Morgan fingerprint density at radius 2 is 2.42 bits per heavy atom. The molecule has 2 rings (SSSR count). The Hall–Kier alpha value is -1.04. The molecule has 19 heavy (non-hydrogen) atoms. The summed E-state index contributed by atoms with van der Waals surface area (Å²) in [6.07, 6.45) is 0.805. The van der Waals surface area contributed by atoms with Crippen molar-refractivity contribution in [3.63, 3.8) is 0 Å². The molecule has 1 aromatic rings. The fraction of sp³-hybridized carbons (Fsp3) is 0.500. The summed E-state index contributed by atoms with van der Waals surface area (Å²) in [5.41, 5.74) is 1.22. The lowest BCUT2D eigenvalue weighted by Crippen LogP contribution is -2.18. The summed E-state index contributed by atoms with van der Waals surface area (Å²) in [6, 6.07) is 8.26. The van der Waals surface area contributed by atoms with Crippen molar-refractivity contribution in [2.45, 2.75) is 23.1 Å². The number of nitrogens with one attached hydrogen (secondary N) is 1. The van der Waals surface area contributed by atoms with Gasteiger partial charge in [0.15, 0.2) is 0 Å². The number of cyclic esters (lactones) is 1. The summed E-state index contributed by atoms with van der Waals surface area (Å²) in [6.45, 7) is 2.91. The summed E-state index contributed by atoms with van der Waals surface area (Å²) in [7, 11) is 1.69. The third-order valence-corrected chi connectivity index (χ3v) is 4.11. The van der Waals surface area contributed by atoms with Gasteiger partial charge in [0, 0.05) is 31.5 Å². The standard InChI is InChI=1S/C14H19NO3S/c1-17-8-6-15-10-11-3-2-4-12(9-11)19-13-5-7-18-14(13)16/h2-4,9,13,15H,5-8,10H2,1H3. The molecule has 1 aromatic carbocycles. The second kappa shape index (κ2) is 7.53. The van der Waals surface area contributed by atoms with Crippen LogP contribution in [-0.2, 0) is 20.8 Å². The van der Waals surface area contributed by atoms with Gasteiger partial charge in [-0.1, -0.05) is 12.1 Å². The molecular formula is C14H19NO3S. The smallest absolute Gasteiger partial charge is 0.319 e. The highest BCUT2D eigenvalue weighted by Crippen LogP contribution is 2.29. The average molecular weight is 281 g/mol. The molecule has 5 heteroatoms. The van der Waals surface area contributed by atoms with Crippen molar-refractivity contribution in [3.05, 3.63) is 29.8 Å². The number of esters is 1. The third kappa shape index (κ3) is 4.53. The van der Waals surface area contributed by atoms with Gasteiger partial charge in [-0.2, -0.15) is 0 Å². The first-order valence-corrected chi connectivity index (χ1v) is 7.29. The monoisotopic (exact) mass is 281 g/mol. The number of rotatable bonds is 7. The van der Waals surface area contributed by atoms with Gasteiger partial charge in [0.25, 0.3) is 0 Å². The van der Waals surface area contributed by atoms with E-state index in [0.717, 1.165) is 24.4 Å². The number of hydrogen-bond acceptors (Lipinski definition) is 5. The lowest BCUT2D eigenvalue weighted by molar-refractivity contribution is -0.137. The highest BCUT2D eigenvalue weighted by atomic mass is 32.2. The molecular weight excluding hydrogens is 262 g/mol. The molecule has 0 amide bonds. The number of benzene rings is 1. The van der Waals surface area contributed by atoms with Crippen LogP contribution in [0.25, 0.3) is 0 Å². The highest BCUT2D eigenvalue weighted by molar-refractivity contribution is 8.00. The first-order valence-electron chi connectivity index (χ1n) is 6.41. The number of ether oxygens (including phenoxy) is 2. The molecule has 1 atom stereocenters. The average Bonchev–Trinajstić information content (AvgIpc) is 2.81. The molecule has 0 spiro atoms. The minimum atomic E-state index is -0.0892. The quantitative estimate of drug-likeness (QED) is 0.610. The van der Waals surface area contributed by atoms with Crippen molar-refractivity contribution in [1.82, 2.24) is 5.32 Å². The van der Waals surface area contributed by atoms with E-state index in [9.17, 15) is 4.79 Å². The van der Waals surface area contributed by atoms with Crippen LogP contribution in [0.4, 0.5) is 0 Å². The van der Waals surface area contributed by atoms with Crippen LogP contribution in [-0.4, -0.2) is 38.1 Å². The Kier molecular flexibility index (Phi) is 5.69. The molecule has 0 radical (unpaired) electrons. The second-order valence-corrected chi connectivity index (χ2v) is 5.66. The first kappa shape index (κ1) is 14.4. The van der Waals surface area contributed by atoms with Crippen molar-refractivity contribution >= 4 is 17.7 Å². The van der Waals surface area contributed by atoms with Crippen molar-refractivity contribution < 1.29 is 14.3 Å². The van der Waals surface area contributed by atoms with Crippen LogP contribution < -0.4 is 5.32 Å². The molecule has 1 saturated heterocycles.